The summed E-state index contributed by atoms with van der Waals surface area (Å²) < 4.78 is 18.0. The quantitative estimate of drug-likeness (QED) is 0.804. The molecule has 0 heterocycles. The molecule has 106 valence electrons. The van der Waals surface area contributed by atoms with Crippen molar-refractivity contribution in [3.05, 3.63) is 65.0 Å². The van der Waals surface area contributed by atoms with Gasteiger partial charge >= 0.3 is 0 Å². The normalized spacial score (nSPS) is 10.6. The van der Waals surface area contributed by atoms with Gasteiger partial charge in [-0.3, -0.25) is 0 Å². The number of ether oxygens (including phenoxy) is 1. The van der Waals surface area contributed by atoms with E-state index in [1.807, 2.05) is 18.2 Å². The van der Waals surface area contributed by atoms with Crippen molar-refractivity contribution in [3.63, 3.8) is 0 Å². The first-order valence-corrected chi connectivity index (χ1v) is 6.88. The van der Waals surface area contributed by atoms with E-state index in [0.717, 1.165) is 30.8 Å². The van der Waals surface area contributed by atoms with Crippen molar-refractivity contribution in [3.8, 4) is 5.75 Å². The number of quaternary nitrogens is 1. The number of hydrogen-bond donors (Lipinski definition) is 1. The van der Waals surface area contributed by atoms with Gasteiger partial charge in [-0.25, -0.2) is 4.39 Å². The summed E-state index contributed by atoms with van der Waals surface area (Å²) in [4.78, 5) is 0. The fraction of sp³-hybridized carbons (Fsp3) is 0.294. The van der Waals surface area contributed by atoms with Gasteiger partial charge in [0.1, 0.15) is 18.1 Å². The fourth-order valence-electron chi connectivity index (χ4n) is 2.26. The standard InChI is InChI=1S/C17H20FNO/c1-13-11-15(5-8-17(13)20-2)12-19-10-9-14-3-6-16(18)7-4-14/h3-8,11,19H,9-10,12H2,1-2H3/p+1. The molecule has 0 fully saturated rings. The Labute approximate surface area is 119 Å². The molecule has 0 radical (unpaired) electrons. The highest BCUT2D eigenvalue weighted by Gasteiger charge is 2.02. The van der Waals surface area contributed by atoms with E-state index in [1.165, 1.54) is 23.3 Å². The van der Waals surface area contributed by atoms with Crippen molar-refractivity contribution in [1.82, 2.24) is 0 Å². The Morgan fingerprint density at radius 1 is 1.05 bits per heavy atom. The molecule has 20 heavy (non-hydrogen) atoms. The van der Waals surface area contributed by atoms with E-state index in [0.29, 0.717) is 0 Å². The molecular formula is C17H21FNO+. The molecule has 0 saturated heterocycles. The topological polar surface area (TPSA) is 25.8 Å². The van der Waals surface area contributed by atoms with Gasteiger partial charge in [0, 0.05) is 12.0 Å². The number of methoxy groups -OCH3 is 1. The van der Waals surface area contributed by atoms with Crippen LogP contribution in [0, 0.1) is 12.7 Å². The van der Waals surface area contributed by atoms with Crippen molar-refractivity contribution in [2.24, 2.45) is 0 Å². The van der Waals surface area contributed by atoms with Gasteiger partial charge in [-0.15, -0.1) is 0 Å². The number of aryl methyl sites for hydroxylation is 1. The Bertz CT molecular complexity index is 551. The maximum Gasteiger partial charge on any atom is 0.123 e. The summed E-state index contributed by atoms with van der Waals surface area (Å²) in [5, 5.41) is 2.27. The molecule has 2 nitrogen and oxygen atoms in total. The number of halogens is 1. The zero-order chi connectivity index (χ0) is 14.4. The smallest absolute Gasteiger partial charge is 0.123 e. The van der Waals surface area contributed by atoms with Crippen molar-refractivity contribution in [2.75, 3.05) is 13.7 Å². The molecule has 0 aliphatic rings. The second-order valence-electron chi connectivity index (χ2n) is 4.96. The Morgan fingerprint density at radius 3 is 2.40 bits per heavy atom. The summed E-state index contributed by atoms with van der Waals surface area (Å²) in [6, 6.07) is 13.0. The van der Waals surface area contributed by atoms with Gasteiger partial charge in [0.15, 0.2) is 0 Å². The first-order chi connectivity index (χ1) is 9.69. The van der Waals surface area contributed by atoms with E-state index in [1.54, 1.807) is 7.11 Å². The van der Waals surface area contributed by atoms with Crippen LogP contribution < -0.4 is 10.1 Å². The van der Waals surface area contributed by atoms with Crippen LogP contribution in [0.5, 0.6) is 5.75 Å². The molecule has 0 atom stereocenters. The van der Waals surface area contributed by atoms with E-state index in [2.05, 4.69) is 24.4 Å². The summed E-state index contributed by atoms with van der Waals surface area (Å²) in [5.41, 5.74) is 3.63. The Morgan fingerprint density at radius 2 is 1.75 bits per heavy atom. The van der Waals surface area contributed by atoms with Crippen LogP contribution in [0.25, 0.3) is 0 Å². The van der Waals surface area contributed by atoms with E-state index in [4.69, 9.17) is 4.74 Å². The van der Waals surface area contributed by atoms with Crippen LogP contribution in [-0.4, -0.2) is 13.7 Å². The third-order valence-electron chi connectivity index (χ3n) is 3.39. The Balaban J connectivity index is 1.78. The van der Waals surface area contributed by atoms with Gasteiger partial charge in [-0.2, -0.15) is 0 Å². The van der Waals surface area contributed by atoms with Crippen LogP contribution in [0.15, 0.2) is 42.5 Å². The molecule has 0 aliphatic carbocycles. The first kappa shape index (κ1) is 14.5. The van der Waals surface area contributed by atoms with E-state index >= 15 is 0 Å². The van der Waals surface area contributed by atoms with Crippen molar-refractivity contribution in [2.45, 2.75) is 19.9 Å². The summed E-state index contributed by atoms with van der Waals surface area (Å²) in [6.07, 6.45) is 0.954. The van der Waals surface area contributed by atoms with Gasteiger partial charge in [0.25, 0.3) is 0 Å². The predicted octanol–water partition coefficient (Wildman–Crippen LogP) is 2.45. The number of rotatable bonds is 6. The van der Waals surface area contributed by atoms with E-state index in [9.17, 15) is 4.39 Å². The number of hydrogen-bond acceptors (Lipinski definition) is 1. The van der Waals surface area contributed by atoms with Crippen LogP contribution >= 0.6 is 0 Å². The highest BCUT2D eigenvalue weighted by molar-refractivity contribution is 5.35. The second kappa shape index (κ2) is 7.06. The monoisotopic (exact) mass is 274 g/mol. The van der Waals surface area contributed by atoms with Gasteiger partial charge in [0.05, 0.1) is 13.7 Å². The molecule has 0 bridgehead atoms. The molecule has 3 heteroatoms. The first-order valence-electron chi connectivity index (χ1n) is 6.88. The SMILES string of the molecule is COc1ccc(C[NH2+]CCc2ccc(F)cc2)cc1C. The van der Waals surface area contributed by atoms with Crippen molar-refractivity contribution < 1.29 is 14.4 Å². The lowest BCUT2D eigenvalue weighted by Crippen LogP contribution is -2.83. The second-order valence-corrected chi connectivity index (χ2v) is 4.96. The molecule has 2 rings (SSSR count). The van der Waals surface area contributed by atoms with Crippen molar-refractivity contribution >= 4 is 0 Å². The van der Waals surface area contributed by atoms with E-state index < -0.39 is 0 Å². The highest BCUT2D eigenvalue weighted by atomic mass is 19.1. The summed E-state index contributed by atoms with van der Waals surface area (Å²) in [7, 11) is 1.69. The maximum atomic E-state index is 12.8. The van der Waals surface area contributed by atoms with Crippen LogP contribution in [0.2, 0.25) is 0 Å². The maximum absolute atomic E-state index is 12.8. The third kappa shape index (κ3) is 4.07. The summed E-state index contributed by atoms with van der Waals surface area (Å²) in [5.74, 6) is 0.756. The fourth-order valence-corrected chi connectivity index (χ4v) is 2.26. The molecule has 2 aromatic rings. The molecular weight excluding hydrogens is 253 g/mol. The Hall–Kier alpha value is -1.87. The zero-order valence-corrected chi connectivity index (χ0v) is 12.0. The lowest BCUT2D eigenvalue weighted by molar-refractivity contribution is -0.670. The average molecular weight is 274 g/mol. The van der Waals surface area contributed by atoms with Gasteiger partial charge in [-0.1, -0.05) is 12.1 Å². The van der Waals surface area contributed by atoms with Crippen molar-refractivity contribution in [1.29, 1.82) is 0 Å². The average Bonchev–Trinajstić information content (AvgIpc) is 2.46. The Kier molecular flexibility index (Phi) is 5.13. The predicted molar refractivity (Wildman–Crippen MR) is 78.3 cm³/mol. The minimum atomic E-state index is -0.175. The summed E-state index contributed by atoms with van der Waals surface area (Å²) >= 11 is 0. The van der Waals surface area contributed by atoms with E-state index in [-0.39, 0.29) is 5.82 Å². The zero-order valence-electron chi connectivity index (χ0n) is 12.0. The van der Waals surface area contributed by atoms with Crippen LogP contribution in [0.4, 0.5) is 4.39 Å². The van der Waals surface area contributed by atoms with Crippen LogP contribution in [0.3, 0.4) is 0 Å². The van der Waals surface area contributed by atoms with Gasteiger partial charge in [0.2, 0.25) is 0 Å². The molecule has 2 N–H and O–H groups in total. The van der Waals surface area contributed by atoms with Crippen LogP contribution in [-0.2, 0) is 13.0 Å². The minimum Gasteiger partial charge on any atom is -0.496 e. The molecule has 0 saturated carbocycles. The lowest BCUT2D eigenvalue weighted by Gasteiger charge is -2.07. The lowest BCUT2D eigenvalue weighted by atomic mass is 10.1. The largest absolute Gasteiger partial charge is 0.496 e. The molecule has 2 aromatic carbocycles. The molecule has 0 spiro atoms. The van der Waals surface area contributed by atoms with Gasteiger partial charge < -0.3 is 10.1 Å². The van der Waals surface area contributed by atoms with Gasteiger partial charge in [-0.05, 0) is 48.4 Å². The van der Waals surface area contributed by atoms with Crippen LogP contribution in [0.1, 0.15) is 16.7 Å². The molecule has 0 aromatic heterocycles. The minimum absolute atomic E-state index is 0.175. The molecule has 0 aliphatic heterocycles. The number of benzene rings is 2. The number of nitrogens with two attached hydrogens (primary N) is 1. The summed E-state index contributed by atoms with van der Waals surface area (Å²) in [6.45, 7) is 4.00. The highest BCUT2D eigenvalue weighted by Crippen LogP contribution is 2.17. The molecule has 0 unspecified atom stereocenters. The molecule has 0 amide bonds. The third-order valence-corrected chi connectivity index (χ3v) is 3.39.